The lowest BCUT2D eigenvalue weighted by Gasteiger charge is -2.13. The minimum absolute atomic E-state index is 0.232. The fourth-order valence-corrected chi connectivity index (χ4v) is 1.83. The van der Waals surface area contributed by atoms with Gasteiger partial charge in [-0.3, -0.25) is 0 Å². The fraction of sp³-hybridized carbons (Fsp3) is 0.200. The van der Waals surface area contributed by atoms with Gasteiger partial charge in [-0.05, 0) is 37.3 Å². The quantitative estimate of drug-likeness (QED) is 0.569. The normalized spacial score (nSPS) is 10.2. The van der Waals surface area contributed by atoms with Gasteiger partial charge in [0.2, 0.25) is 0 Å². The first-order chi connectivity index (χ1) is 9.20. The number of phenols is 1. The number of nitrogens with one attached hydrogen (secondary N) is 1. The van der Waals surface area contributed by atoms with Crippen molar-refractivity contribution in [3.05, 3.63) is 48.0 Å². The van der Waals surface area contributed by atoms with E-state index in [0.717, 1.165) is 17.0 Å². The standard InChI is InChI=1S/C15H18N2O2/c1-2-19-15-6-4-3-5-13(15)17-10-11-9-12(16)7-8-14(11)18/h3-9,17-18H,2,10,16H2,1H3. The molecule has 0 aliphatic carbocycles. The molecule has 0 unspecified atom stereocenters. The zero-order chi connectivity index (χ0) is 13.7. The second kappa shape index (κ2) is 6.00. The van der Waals surface area contributed by atoms with Crippen molar-refractivity contribution in [1.29, 1.82) is 0 Å². The van der Waals surface area contributed by atoms with Gasteiger partial charge in [-0.25, -0.2) is 0 Å². The molecule has 0 atom stereocenters. The summed E-state index contributed by atoms with van der Waals surface area (Å²) in [6.45, 7) is 3.05. The Balaban J connectivity index is 2.12. The van der Waals surface area contributed by atoms with Gasteiger partial charge in [-0.2, -0.15) is 0 Å². The van der Waals surface area contributed by atoms with Crippen molar-refractivity contribution in [3.8, 4) is 11.5 Å². The molecule has 0 fully saturated rings. The first-order valence-electron chi connectivity index (χ1n) is 6.23. The number of nitrogen functional groups attached to an aromatic ring is 1. The number of phenolic OH excluding ortho intramolecular Hbond substituents is 1. The minimum atomic E-state index is 0.232. The van der Waals surface area contributed by atoms with Crippen LogP contribution in [0.1, 0.15) is 12.5 Å². The molecule has 4 heteroatoms. The van der Waals surface area contributed by atoms with E-state index in [0.29, 0.717) is 18.8 Å². The van der Waals surface area contributed by atoms with E-state index in [4.69, 9.17) is 10.5 Å². The number of para-hydroxylation sites is 2. The fourth-order valence-electron chi connectivity index (χ4n) is 1.83. The number of ether oxygens (including phenoxy) is 1. The van der Waals surface area contributed by atoms with Crippen LogP contribution in [0.4, 0.5) is 11.4 Å². The third-order valence-electron chi connectivity index (χ3n) is 2.76. The van der Waals surface area contributed by atoms with Gasteiger partial charge in [0.05, 0.1) is 12.3 Å². The summed E-state index contributed by atoms with van der Waals surface area (Å²) in [5.74, 6) is 1.03. The number of anilines is 2. The Morgan fingerprint density at radius 2 is 2.00 bits per heavy atom. The molecule has 0 spiro atoms. The molecule has 0 saturated heterocycles. The zero-order valence-electron chi connectivity index (χ0n) is 10.9. The number of nitrogens with two attached hydrogens (primary N) is 1. The van der Waals surface area contributed by atoms with E-state index >= 15 is 0 Å². The average Bonchev–Trinajstić information content (AvgIpc) is 2.42. The van der Waals surface area contributed by atoms with Gasteiger partial charge < -0.3 is 20.9 Å². The van der Waals surface area contributed by atoms with Gasteiger partial charge in [0, 0.05) is 17.8 Å². The molecule has 0 radical (unpaired) electrons. The van der Waals surface area contributed by atoms with E-state index in [1.165, 1.54) is 0 Å². The van der Waals surface area contributed by atoms with E-state index in [2.05, 4.69) is 5.32 Å². The lowest BCUT2D eigenvalue weighted by atomic mass is 10.1. The minimum Gasteiger partial charge on any atom is -0.508 e. The smallest absolute Gasteiger partial charge is 0.142 e. The molecule has 19 heavy (non-hydrogen) atoms. The summed E-state index contributed by atoms with van der Waals surface area (Å²) in [6, 6.07) is 12.7. The molecule has 4 nitrogen and oxygen atoms in total. The average molecular weight is 258 g/mol. The largest absolute Gasteiger partial charge is 0.508 e. The summed E-state index contributed by atoms with van der Waals surface area (Å²) in [7, 11) is 0. The number of rotatable bonds is 5. The Hall–Kier alpha value is -2.36. The van der Waals surface area contributed by atoms with E-state index in [1.807, 2.05) is 31.2 Å². The SMILES string of the molecule is CCOc1ccccc1NCc1cc(N)ccc1O. The van der Waals surface area contributed by atoms with Crippen LogP contribution in [0.2, 0.25) is 0 Å². The first kappa shape index (κ1) is 13.1. The van der Waals surface area contributed by atoms with Crippen LogP contribution in [-0.4, -0.2) is 11.7 Å². The zero-order valence-corrected chi connectivity index (χ0v) is 10.9. The van der Waals surface area contributed by atoms with Crippen LogP contribution in [0.25, 0.3) is 0 Å². The Kier molecular flexibility index (Phi) is 4.13. The Labute approximate surface area is 112 Å². The Morgan fingerprint density at radius 3 is 2.79 bits per heavy atom. The lowest BCUT2D eigenvalue weighted by molar-refractivity contribution is 0.341. The third kappa shape index (κ3) is 3.31. The highest BCUT2D eigenvalue weighted by atomic mass is 16.5. The maximum atomic E-state index is 9.76. The Morgan fingerprint density at radius 1 is 1.21 bits per heavy atom. The van der Waals surface area contributed by atoms with Crippen molar-refractivity contribution >= 4 is 11.4 Å². The van der Waals surface area contributed by atoms with Crippen molar-refractivity contribution in [3.63, 3.8) is 0 Å². The van der Waals surface area contributed by atoms with Crippen LogP contribution in [0.5, 0.6) is 11.5 Å². The van der Waals surface area contributed by atoms with Crippen LogP contribution in [0.15, 0.2) is 42.5 Å². The van der Waals surface area contributed by atoms with Crippen LogP contribution in [0, 0.1) is 0 Å². The summed E-state index contributed by atoms with van der Waals surface area (Å²) in [4.78, 5) is 0. The predicted molar refractivity (Wildman–Crippen MR) is 77.5 cm³/mol. The van der Waals surface area contributed by atoms with Crippen molar-refractivity contribution in [2.75, 3.05) is 17.7 Å². The predicted octanol–water partition coefficient (Wildman–Crippen LogP) is 2.99. The molecule has 0 heterocycles. The monoisotopic (exact) mass is 258 g/mol. The molecule has 0 aliphatic heterocycles. The van der Waals surface area contributed by atoms with Gasteiger partial charge in [0.25, 0.3) is 0 Å². The topological polar surface area (TPSA) is 67.5 Å². The third-order valence-corrected chi connectivity index (χ3v) is 2.76. The summed E-state index contributed by atoms with van der Waals surface area (Å²) >= 11 is 0. The second-order valence-corrected chi connectivity index (χ2v) is 4.17. The van der Waals surface area contributed by atoms with Gasteiger partial charge >= 0.3 is 0 Å². The molecule has 2 rings (SSSR count). The molecule has 0 saturated carbocycles. The maximum Gasteiger partial charge on any atom is 0.142 e. The van der Waals surface area contributed by atoms with Crippen molar-refractivity contribution < 1.29 is 9.84 Å². The Bertz CT molecular complexity index is 556. The molecular formula is C15H18N2O2. The lowest BCUT2D eigenvalue weighted by Crippen LogP contribution is -2.03. The van der Waals surface area contributed by atoms with Crippen LogP contribution in [-0.2, 0) is 6.54 Å². The van der Waals surface area contributed by atoms with E-state index in [-0.39, 0.29) is 5.75 Å². The highest BCUT2D eigenvalue weighted by Gasteiger charge is 2.05. The van der Waals surface area contributed by atoms with Crippen molar-refractivity contribution in [2.24, 2.45) is 0 Å². The van der Waals surface area contributed by atoms with Gasteiger partial charge in [0.15, 0.2) is 0 Å². The molecular weight excluding hydrogens is 240 g/mol. The maximum absolute atomic E-state index is 9.76. The molecule has 0 amide bonds. The van der Waals surface area contributed by atoms with Gasteiger partial charge in [-0.15, -0.1) is 0 Å². The summed E-state index contributed by atoms with van der Waals surface area (Å²) in [5, 5.41) is 13.0. The van der Waals surface area contributed by atoms with Crippen LogP contribution in [0.3, 0.4) is 0 Å². The molecule has 0 aliphatic rings. The van der Waals surface area contributed by atoms with E-state index < -0.39 is 0 Å². The molecule has 0 aromatic heterocycles. The van der Waals surface area contributed by atoms with Crippen LogP contribution >= 0.6 is 0 Å². The summed E-state index contributed by atoms with van der Waals surface area (Å²) < 4.78 is 5.53. The molecule has 2 aromatic rings. The number of hydrogen-bond donors (Lipinski definition) is 3. The van der Waals surface area contributed by atoms with Crippen LogP contribution < -0.4 is 15.8 Å². The summed E-state index contributed by atoms with van der Waals surface area (Å²) in [6.07, 6.45) is 0. The van der Waals surface area contributed by atoms with E-state index in [1.54, 1.807) is 18.2 Å². The van der Waals surface area contributed by atoms with Gasteiger partial charge in [0.1, 0.15) is 11.5 Å². The molecule has 4 N–H and O–H groups in total. The summed E-state index contributed by atoms with van der Waals surface area (Å²) in [5.41, 5.74) is 7.99. The van der Waals surface area contributed by atoms with Crippen molar-refractivity contribution in [2.45, 2.75) is 13.5 Å². The number of hydrogen-bond acceptors (Lipinski definition) is 4. The van der Waals surface area contributed by atoms with E-state index in [9.17, 15) is 5.11 Å². The highest BCUT2D eigenvalue weighted by molar-refractivity contribution is 5.57. The highest BCUT2D eigenvalue weighted by Crippen LogP contribution is 2.26. The first-order valence-corrected chi connectivity index (χ1v) is 6.23. The van der Waals surface area contributed by atoms with Crippen molar-refractivity contribution in [1.82, 2.24) is 0 Å². The second-order valence-electron chi connectivity index (χ2n) is 4.17. The number of aromatic hydroxyl groups is 1. The van der Waals surface area contributed by atoms with Gasteiger partial charge in [-0.1, -0.05) is 12.1 Å². The molecule has 2 aromatic carbocycles. The molecule has 0 bridgehead atoms. The molecule has 100 valence electrons. The number of benzene rings is 2.